The summed E-state index contributed by atoms with van der Waals surface area (Å²) in [7, 11) is 0. The SMILES string of the molecule is CCC(C(C)C)N1CCNC1=O. The Labute approximate surface area is 74.1 Å². The van der Waals surface area contributed by atoms with Gasteiger partial charge in [0.15, 0.2) is 0 Å². The lowest BCUT2D eigenvalue weighted by Crippen LogP contribution is -2.40. The highest BCUT2D eigenvalue weighted by molar-refractivity contribution is 5.76. The smallest absolute Gasteiger partial charge is 0.317 e. The molecule has 0 aliphatic carbocycles. The van der Waals surface area contributed by atoms with Crippen LogP contribution in [0.25, 0.3) is 0 Å². The van der Waals surface area contributed by atoms with Crippen LogP contribution in [0.3, 0.4) is 0 Å². The normalized spacial score (nSPS) is 20.0. The fraction of sp³-hybridized carbons (Fsp3) is 0.889. The molecule has 1 rings (SSSR count). The molecule has 0 saturated carbocycles. The van der Waals surface area contributed by atoms with E-state index in [0.717, 1.165) is 19.5 Å². The van der Waals surface area contributed by atoms with Crippen molar-refractivity contribution >= 4 is 6.03 Å². The summed E-state index contributed by atoms with van der Waals surface area (Å²) in [6.07, 6.45) is 1.05. The van der Waals surface area contributed by atoms with Crippen molar-refractivity contribution in [3.8, 4) is 0 Å². The molecule has 0 bridgehead atoms. The summed E-state index contributed by atoms with van der Waals surface area (Å²) in [4.78, 5) is 13.2. The lowest BCUT2D eigenvalue weighted by Gasteiger charge is -2.28. The van der Waals surface area contributed by atoms with Gasteiger partial charge in [-0.05, 0) is 12.3 Å². The average molecular weight is 170 g/mol. The molecule has 1 heterocycles. The van der Waals surface area contributed by atoms with E-state index in [-0.39, 0.29) is 6.03 Å². The molecule has 0 radical (unpaired) electrons. The molecule has 1 saturated heterocycles. The summed E-state index contributed by atoms with van der Waals surface area (Å²) >= 11 is 0. The Balaban J connectivity index is 2.58. The van der Waals surface area contributed by atoms with Crippen LogP contribution in [-0.4, -0.2) is 30.1 Å². The largest absolute Gasteiger partial charge is 0.336 e. The van der Waals surface area contributed by atoms with Crippen molar-refractivity contribution in [3.63, 3.8) is 0 Å². The van der Waals surface area contributed by atoms with E-state index in [2.05, 4.69) is 26.1 Å². The summed E-state index contributed by atoms with van der Waals surface area (Å²) in [5, 5.41) is 2.83. The summed E-state index contributed by atoms with van der Waals surface area (Å²) in [6.45, 7) is 8.15. The topological polar surface area (TPSA) is 32.3 Å². The van der Waals surface area contributed by atoms with Gasteiger partial charge >= 0.3 is 6.03 Å². The molecule has 0 aromatic carbocycles. The molecule has 1 unspecified atom stereocenters. The molecule has 2 amide bonds. The second-order valence-electron chi connectivity index (χ2n) is 3.64. The molecule has 1 atom stereocenters. The van der Waals surface area contributed by atoms with Crippen LogP contribution in [0.5, 0.6) is 0 Å². The lowest BCUT2D eigenvalue weighted by atomic mass is 10.0. The Morgan fingerprint density at radius 3 is 2.58 bits per heavy atom. The molecule has 0 spiro atoms. The van der Waals surface area contributed by atoms with E-state index in [0.29, 0.717) is 12.0 Å². The molecule has 1 N–H and O–H groups in total. The van der Waals surface area contributed by atoms with E-state index >= 15 is 0 Å². The second-order valence-corrected chi connectivity index (χ2v) is 3.64. The van der Waals surface area contributed by atoms with E-state index in [4.69, 9.17) is 0 Å². The van der Waals surface area contributed by atoms with Crippen LogP contribution >= 0.6 is 0 Å². The van der Waals surface area contributed by atoms with E-state index in [1.54, 1.807) is 0 Å². The highest BCUT2D eigenvalue weighted by atomic mass is 16.2. The number of rotatable bonds is 3. The predicted octanol–water partition coefficient (Wildman–Crippen LogP) is 1.45. The molecular formula is C9H18N2O. The zero-order chi connectivity index (χ0) is 9.14. The molecule has 1 fully saturated rings. The van der Waals surface area contributed by atoms with Gasteiger partial charge in [0.2, 0.25) is 0 Å². The van der Waals surface area contributed by atoms with Gasteiger partial charge in [-0.15, -0.1) is 0 Å². The molecule has 70 valence electrons. The van der Waals surface area contributed by atoms with Crippen LogP contribution in [0.2, 0.25) is 0 Å². The van der Waals surface area contributed by atoms with Gasteiger partial charge in [0.05, 0.1) is 0 Å². The van der Waals surface area contributed by atoms with Crippen LogP contribution in [0.15, 0.2) is 0 Å². The van der Waals surface area contributed by atoms with Gasteiger partial charge in [0.1, 0.15) is 0 Å². The predicted molar refractivity (Wildman–Crippen MR) is 49.0 cm³/mol. The quantitative estimate of drug-likeness (QED) is 0.683. The van der Waals surface area contributed by atoms with Gasteiger partial charge in [0, 0.05) is 19.1 Å². The number of nitrogens with one attached hydrogen (secondary N) is 1. The first-order chi connectivity index (χ1) is 5.66. The van der Waals surface area contributed by atoms with Gasteiger partial charge < -0.3 is 10.2 Å². The fourth-order valence-electron chi connectivity index (χ4n) is 1.85. The standard InChI is InChI=1S/C9H18N2O/c1-4-8(7(2)3)11-6-5-10-9(11)12/h7-8H,4-6H2,1-3H3,(H,10,12). The zero-order valence-electron chi connectivity index (χ0n) is 8.13. The summed E-state index contributed by atoms with van der Waals surface area (Å²) < 4.78 is 0. The maximum atomic E-state index is 11.3. The van der Waals surface area contributed by atoms with Gasteiger partial charge in [-0.1, -0.05) is 20.8 Å². The average Bonchev–Trinajstić information content (AvgIpc) is 2.38. The van der Waals surface area contributed by atoms with Crippen molar-refractivity contribution in [2.75, 3.05) is 13.1 Å². The molecule has 1 aliphatic heterocycles. The summed E-state index contributed by atoms with van der Waals surface area (Å²) in [5.41, 5.74) is 0. The first-order valence-electron chi connectivity index (χ1n) is 4.71. The maximum absolute atomic E-state index is 11.3. The van der Waals surface area contributed by atoms with Crippen molar-refractivity contribution < 1.29 is 4.79 Å². The fourth-order valence-corrected chi connectivity index (χ4v) is 1.85. The molecule has 1 aliphatic rings. The summed E-state index contributed by atoms with van der Waals surface area (Å²) in [5.74, 6) is 0.554. The van der Waals surface area contributed by atoms with Crippen LogP contribution in [0.4, 0.5) is 4.79 Å². The van der Waals surface area contributed by atoms with Gasteiger partial charge in [-0.3, -0.25) is 0 Å². The van der Waals surface area contributed by atoms with E-state index in [9.17, 15) is 4.79 Å². The number of hydrogen-bond acceptors (Lipinski definition) is 1. The van der Waals surface area contributed by atoms with Gasteiger partial charge in [0.25, 0.3) is 0 Å². The monoisotopic (exact) mass is 170 g/mol. The minimum atomic E-state index is 0.107. The third kappa shape index (κ3) is 1.71. The second kappa shape index (κ2) is 3.78. The molecule has 3 heteroatoms. The van der Waals surface area contributed by atoms with Crippen LogP contribution < -0.4 is 5.32 Å². The van der Waals surface area contributed by atoms with E-state index < -0.39 is 0 Å². The Morgan fingerprint density at radius 2 is 2.25 bits per heavy atom. The van der Waals surface area contributed by atoms with Crippen molar-refractivity contribution in [2.24, 2.45) is 5.92 Å². The Morgan fingerprint density at radius 1 is 1.58 bits per heavy atom. The Bertz CT molecular complexity index is 168. The van der Waals surface area contributed by atoms with E-state index in [1.165, 1.54) is 0 Å². The van der Waals surface area contributed by atoms with E-state index in [1.807, 2.05) is 4.90 Å². The molecule has 3 nitrogen and oxygen atoms in total. The zero-order valence-corrected chi connectivity index (χ0v) is 8.13. The molecule has 12 heavy (non-hydrogen) atoms. The van der Waals surface area contributed by atoms with Gasteiger partial charge in [-0.25, -0.2) is 4.79 Å². The van der Waals surface area contributed by atoms with Crippen LogP contribution in [-0.2, 0) is 0 Å². The Kier molecular flexibility index (Phi) is 2.95. The number of urea groups is 1. The van der Waals surface area contributed by atoms with Gasteiger partial charge in [-0.2, -0.15) is 0 Å². The van der Waals surface area contributed by atoms with Crippen molar-refractivity contribution in [3.05, 3.63) is 0 Å². The third-order valence-corrected chi connectivity index (χ3v) is 2.48. The minimum Gasteiger partial charge on any atom is -0.336 e. The van der Waals surface area contributed by atoms with Crippen molar-refractivity contribution in [2.45, 2.75) is 33.2 Å². The number of amides is 2. The first-order valence-corrected chi connectivity index (χ1v) is 4.71. The molecular weight excluding hydrogens is 152 g/mol. The van der Waals surface area contributed by atoms with Crippen LogP contribution in [0.1, 0.15) is 27.2 Å². The third-order valence-electron chi connectivity index (χ3n) is 2.48. The number of carbonyl (C=O) groups is 1. The minimum absolute atomic E-state index is 0.107. The van der Waals surface area contributed by atoms with Crippen molar-refractivity contribution in [1.29, 1.82) is 0 Å². The maximum Gasteiger partial charge on any atom is 0.317 e. The summed E-state index contributed by atoms with van der Waals surface area (Å²) in [6, 6.07) is 0.517. The van der Waals surface area contributed by atoms with Crippen molar-refractivity contribution in [1.82, 2.24) is 10.2 Å². The number of carbonyl (C=O) groups excluding carboxylic acids is 1. The molecule has 0 aromatic rings. The van der Waals surface area contributed by atoms with Crippen LogP contribution in [0, 0.1) is 5.92 Å². The lowest BCUT2D eigenvalue weighted by molar-refractivity contribution is 0.176. The number of nitrogens with zero attached hydrogens (tertiary/aromatic N) is 1. The highest BCUT2D eigenvalue weighted by Crippen LogP contribution is 2.15. The highest BCUT2D eigenvalue weighted by Gasteiger charge is 2.27. The first kappa shape index (κ1) is 9.36. The Hall–Kier alpha value is -0.730. The number of hydrogen-bond donors (Lipinski definition) is 1. The molecule has 0 aromatic heterocycles.